The highest BCUT2D eigenvalue weighted by atomic mass is 32.1. The third-order valence-electron chi connectivity index (χ3n) is 3.41. The molecule has 0 fully saturated rings. The fourth-order valence-corrected chi connectivity index (χ4v) is 3.60. The van der Waals surface area contributed by atoms with Gasteiger partial charge < -0.3 is 21.5 Å². The maximum atomic E-state index is 11.8. The zero-order valence-corrected chi connectivity index (χ0v) is 12.8. The van der Waals surface area contributed by atoms with Gasteiger partial charge in [-0.1, -0.05) is 0 Å². The number of nitrogens with two attached hydrogens (primary N) is 2. The van der Waals surface area contributed by atoms with E-state index in [9.17, 15) is 9.59 Å². The average molecular weight is 312 g/mol. The van der Waals surface area contributed by atoms with Gasteiger partial charge in [0.1, 0.15) is 0 Å². The number of ether oxygens (including phenoxy) is 1. The topological polar surface area (TPSA) is 111 Å². The van der Waals surface area contributed by atoms with E-state index in [0.717, 1.165) is 10.4 Å². The van der Waals surface area contributed by atoms with Gasteiger partial charge in [0, 0.05) is 31.6 Å². The summed E-state index contributed by atoms with van der Waals surface area (Å²) in [6, 6.07) is 0. The van der Waals surface area contributed by atoms with Crippen LogP contribution in [0.1, 0.15) is 20.8 Å². The summed E-state index contributed by atoms with van der Waals surface area (Å²) < 4.78 is 4.88. The van der Waals surface area contributed by atoms with Crippen LogP contribution in [-0.4, -0.2) is 50.1 Å². The molecule has 1 aromatic rings. The summed E-state index contributed by atoms with van der Waals surface area (Å²) in [5.41, 5.74) is 12.6. The van der Waals surface area contributed by atoms with Crippen molar-refractivity contribution in [3.05, 3.63) is 16.0 Å². The number of amides is 2. The quantitative estimate of drug-likeness (QED) is 0.616. The first kappa shape index (κ1) is 15.7. The summed E-state index contributed by atoms with van der Waals surface area (Å²) in [5, 5.41) is 3.26. The molecule has 5 N–H and O–H groups in total. The Kier molecular flexibility index (Phi) is 5.16. The van der Waals surface area contributed by atoms with E-state index >= 15 is 0 Å². The van der Waals surface area contributed by atoms with Crippen LogP contribution in [0, 0.1) is 0 Å². The number of thiophene rings is 1. The Labute approximate surface area is 127 Å². The Morgan fingerprint density at radius 3 is 2.90 bits per heavy atom. The summed E-state index contributed by atoms with van der Waals surface area (Å²) in [6.45, 7) is 2.66. The van der Waals surface area contributed by atoms with Gasteiger partial charge in [-0.25, -0.2) is 0 Å². The highest BCUT2D eigenvalue weighted by molar-refractivity contribution is 7.16. The summed E-state index contributed by atoms with van der Waals surface area (Å²) in [7, 11) is 1.59. The van der Waals surface area contributed by atoms with Crippen LogP contribution in [-0.2, 0) is 22.5 Å². The van der Waals surface area contributed by atoms with Crippen LogP contribution < -0.4 is 16.8 Å². The van der Waals surface area contributed by atoms with Crippen molar-refractivity contribution < 1.29 is 14.3 Å². The molecule has 0 saturated carbocycles. The molecular formula is C13H20N4O3S. The van der Waals surface area contributed by atoms with Crippen molar-refractivity contribution in [1.82, 2.24) is 10.2 Å². The predicted molar refractivity (Wildman–Crippen MR) is 81.1 cm³/mol. The lowest BCUT2D eigenvalue weighted by Crippen LogP contribution is -2.40. The lowest BCUT2D eigenvalue weighted by Gasteiger charge is -2.26. The number of fused-ring (bicyclic) bond motifs is 1. The van der Waals surface area contributed by atoms with Crippen LogP contribution in [0.25, 0.3) is 0 Å². The first-order valence-electron chi connectivity index (χ1n) is 6.70. The van der Waals surface area contributed by atoms with E-state index < -0.39 is 5.91 Å². The van der Waals surface area contributed by atoms with Crippen LogP contribution >= 0.6 is 11.3 Å². The number of anilines is 1. The molecule has 0 unspecified atom stereocenters. The number of primary amides is 1. The molecule has 0 aromatic carbocycles. The number of hydrogen-bond acceptors (Lipinski definition) is 6. The lowest BCUT2D eigenvalue weighted by atomic mass is 10.0. The number of carbonyl (C=O) groups is 2. The Hall–Kier alpha value is -1.64. The third kappa shape index (κ3) is 3.72. The molecule has 0 spiro atoms. The largest absolute Gasteiger partial charge is 0.390 e. The molecule has 0 aliphatic carbocycles. The van der Waals surface area contributed by atoms with Crippen LogP contribution in [0.2, 0.25) is 0 Å². The van der Waals surface area contributed by atoms with Gasteiger partial charge in [0.05, 0.1) is 23.7 Å². The Morgan fingerprint density at radius 2 is 2.24 bits per heavy atom. The average Bonchev–Trinajstić information content (AvgIpc) is 2.74. The number of nitrogens with one attached hydrogen (secondary N) is 1. The highest BCUT2D eigenvalue weighted by Gasteiger charge is 2.26. The minimum absolute atomic E-state index is 0.0323. The molecule has 0 saturated heterocycles. The molecule has 7 nitrogen and oxygen atoms in total. The number of nitrogen functional groups attached to an aromatic ring is 1. The maximum absolute atomic E-state index is 11.8. The second kappa shape index (κ2) is 6.88. The van der Waals surface area contributed by atoms with Crippen molar-refractivity contribution in [3.8, 4) is 0 Å². The van der Waals surface area contributed by atoms with Gasteiger partial charge in [-0.15, -0.1) is 11.3 Å². The molecule has 21 heavy (non-hydrogen) atoms. The molecule has 0 atom stereocenters. The second-order valence-electron chi connectivity index (χ2n) is 4.91. The van der Waals surface area contributed by atoms with E-state index in [2.05, 4.69) is 5.32 Å². The Balaban J connectivity index is 1.96. The lowest BCUT2D eigenvalue weighted by molar-refractivity contribution is -0.122. The van der Waals surface area contributed by atoms with Crippen molar-refractivity contribution in [3.63, 3.8) is 0 Å². The monoisotopic (exact) mass is 312 g/mol. The number of hydrogen-bond donors (Lipinski definition) is 3. The summed E-state index contributed by atoms with van der Waals surface area (Å²) in [4.78, 5) is 26.3. The van der Waals surface area contributed by atoms with E-state index in [-0.39, 0.29) is 5.91 Å². The van der Waals surface area contributed by atoms with Crippen LogP contribution in [0.15, 0.2) is 0 Å². The molecule has 1 aromatic heterocycles. The van der Waals surface area contributed by atoms with E-state index in [1.54, 1.807) is 7.11 Å². The minimum Gasteiger partial charge on any atom is -0.390 e. The van der Waals surface area contributed by atoms with Gasteiger partial charge in [0.2, 0.25) is 5.91 Å². The van der Waals surface area contributed by atoms with E-state index in [1.807, 2.05) is 4.90 Å². The van der Waals surface area contributed by atoms with Crippen molar-refractivity contribution in [2.75, 3.05) is 39.1 Å². The maximum Gasteiger partial charge on any atom is 0.251 e. The molecule has 1 aliphatic heterocycles. The van der Waals surface area contributed by atoms with Gasteiger partial charge in [-0.05, 0) is 12.0 Å². The molecule has 116 valence electrons. The Morgan fingerprint density at radius 1 is 1.48 bits per heavy atom. The molecule has 2 amide bonds. The summed E-state index contributed by atoms with van der Waals surface area (Å²) in [5.74, 6) is -0.508. The minimum atomic E-state index is -0.476. The number of methoxy groups -OCH3 is 1. The molecular weight excluding hydrogens is 292 g/mol. The van der Waals surface area contributed by atoms with Crippen molar-refractivity contribution >= 4 is 28.2 Å². The number of rotatable bonds is 6. The fourth-order valence-electron chi connectivity index (χ4n) is 2.43. The van der Waals surface area contributed by atoms with Gasteiger partial charge in [-0.3, -0.25) is 14.5 Å². The van der Waals surface area contributed by atoms with Crippen molar-refractivity contribution in [2.45, 2.75) is 13.0 Å². The van der Waals surface area contributed by atoms with Crippen LogP contribution in [0.5, 0.6) is 0 Å². The first-order valence-corrected chi connectivity index (χ1v) is 7.52. The van der Waals surface area contributed by atoms with Crippen molar-refractivity contribution in [1.29, 1.82) is 0 Å². The highest BCUT2D eigenvalue weighted by Crippen LogP contribution is 2.34. The standard InChI is InChI=1S/C13H20N4O3S/c1-20-5-3-16-10(18)7-17-4-2-8-9(6-17)21-13(15)11(8)12(14)19/h2-7,15H2,1H3,(H2,14,19)(H,16,18). The van der Waals surface area contributed by atoms with E-state index in [1.165, 1.54) is 11.3 Å². The smallest absolute Gasteiger partial charge is 0.251 e. The van der Waals surface area contributed by atoms with Gasteiger partial charge in [0.15, 0.2) is 0 Å². The van der Waals surface area contributed by atoms with Gasteiger partial charge in [-0.2, -0.15) is 0 Å². The van der Waals surface area contributed by atoms with Gasteiger partial charge in [0.25, 0.3) is 5.91 Å². The molecule has 0 radical (unpaired) electrons. The fraction of sp³-hybridized carbons (Fsp3) is 0.538. The second-order valence-corrected chi connectivity index (χ2v) is 6.05. The number of nitrogens with zero attached hydrogens (tertiary/aromatic N) is 1. The normalized spacial score (nSPS) is 14.7. The summed E-state index contributed by atoms with van der Waals surface area (Å²) in [6.07, 6.45) is 0.687. The molecule has 2 rings (SSSR count). The van der Waals surface area contributed by atoms with Crippen LogP contribution in [0.3, 0.4) is 0 Å². The Bertz CT molecular complexity index is 544. The van der Waals surface area contributed by atoms with Crippen LogP contribution in [0.4, 0.5) is 5.00 Å². The number of carbonyl (C=O) groups excluding carboxylic acids is 2. The molecule has 1 aliphatic rings. The molecule has 8 heteroatoms. The molecule has 2 heterocycles. The zero-order valence-electron chi connectivity index (χ0n) is 12.0. The third-order valence-corrected chi connectivity index (χ3v) is 4.45. The SMILES string of the molecule is COCCNC(=O)CN1CCc2c(sc(N)c2C(N)=O)C1. The predicted octanol–water partition coefficient (Wildman–Crippen LogP) is -0.450. The van der Waals surface area contributed by atoms with E-state index in [0.29, 0.717) is 49.8 Å². The van der Waals surface area contributed by atoms with Crippen molar-refractivity contribution in [2.24, 2.45) is 5.73 Å². The first-order chi connectivity index (χ1) is 10.0. The zero-order chi connectivity index (χ0) is 15.4. The summed E-state index contributed by atoms with van der Waals surface area (Å²) >= 11 is 1.38. The van der Waals surface area contributed by atoms with E-state index in [4.69, 9.17) is 16.2 Å². The van der Waals surface area contributed by atoms with Gasteiger partial charge >= 0.3 is 0 Å². The molecule has 0 bridgehead atoms.